The van der Waals surface area contributed by atoms with Crippen molar-refractivity contribution in [3.63, 3.8) is 0 Å². The lowest BCUT2D eigenvalue weighted by molar-refractivity contribution is -0.145. The van der Waals surface area contributed by atoms with Gasteiger partial charge in [-0.25, -0.2) is 9.18 Å². The van der Waals surface area contributed by atoms with Crippen LogP contribution in [0, 0.1) is 5.82 Å². The Labute approximate surface area is 153 Å². The molecule has 8 heteroatoms. The number of hydrogen-bond donors (Lipinski definition) is 2. The summed E-state index contributed by atoms with van der Waals surface area (Å²) in [4.78, 5) is 35.7. The lowest BCUT2D eigenvalue weighted by Gasteiger charge is -2.22. The summed E-state index contributed by atoms with van der Waals surface area (Å²) in [7, 11) is 1.20. The molecule has 0 aromatic heterocycles. The molecule has 25 heavy (non-hydrogen) atoms. The molecule has 0 aliphatic rings. The predicted octanol–water partition coefficient (Wildman–Crippen LogP) is 1.83. The molecule has 0 aliphatic heterocycles. The van der Waals surface area contributed by atoms with Crippen molar-refractivity contribution in [3.8, 4) is 0 Å². The van der Waals surface area contributed by atoms with Crippen LogP contribution in [-0.4, -0.2) is 37.0 Å². The average molecular weight is 415 g/mol. The number of halogens is 2. The van der Waals surface area contributed by atoms with Crippen molar-refractivity contribution >= 4 is 33.7 Å². The van der Waals surface area contributed by atoms with Crippen molar-refractivity contribution in [2.24, 2.45) is 0 Å². The maximum Gasteiger partial charge on any atom is 0.328 e. The fourth-order valence-corrected chi connectivity index (χ4v) is 2.51. The molecular weight excluding hydrogens is 395 g/mol. The van der Waals surface area contributed by atoms with Crippen LogP contribution in [0.25, 0.3) is 0 Å². The Bertz CT molecular complexity index is 666. The van der Waals surface area contributed by atoms with Gasteiger partial charge in [0.25, 0.3) is 0 Å². The van der Waals surface area contributed by atoms with Gasteiger partial charge in [-0.1, -0.05) is 34.6 Å². The van der Waals surface area contributed by atoms with E-state index in [1.165, 1.54) is 32.2 Å². The number of methoxy groups -OCH3 is 1. The Kier molecular flexibility index (Phi) is 8.27. The molecule has 1 aromatic rings. The summed E-state index contributed by atoms with van der Waals surface area (Å²) < 4.78 is 18.5. The van der Waals surface area contributed by atoms with Gasteiger partial charge in [0.2, 0.25) is 11.8 Å². The molecule has 1 rings (SSSR count). The number of nitrogens with one attached hydrogen (secondary N) is 2. The van der Waals surface area contributed by atoms with Crippen molar-refractivity contribution in [3.05, 3.63) is 46.7 Å². The average Bonchev–Trinajstić information content (AvgIpc) is 2.52. The van der Waals surface area contributed by atoms with Crippen LogP contribution in [0.3, 0.4) is 0 Å². The molecule has 0 heterocycles. The van der Waals surface area contributed by atoms with E-state index in [1.54, 1.807) is 6.07 Å². The monoisotopic (exact) mass is 414 g/mol. The van der Waals surface area contributed by atoms with Gasteiger partial charge in [-0.3, -0.25) is 9.59 Å². The van der Waals surface area contributed by atoms with E-state index in [9.17, 15) is 18.8 Å². The Balaban J connectivity index is 2.92. The number of carbonyl (C=O) groups excluding carboxylic acids is 3. The Morgan fingerprint density at radius 3 is 2.48 bits per heavy atom. The third-order valence-corrected chi connectivity index (χ3v) is 3.57. The first kappa shape index (κ1) is 20.8. The zero-order valence-corrected chi connectivity index (χ0v) is 15.6. The van der Waals surface area contributed by atoms with E-state index in [0.717, 1.165) is 0 Å². The zero-order chi connectivity index (χ0) is 19.0. The van der Waals surface area contributed by atoms with E-state index in [2.05, 4.69) is 37.9 Å². The number of esters is 1. The fourth-order valence-electron chi connectivity index (χ4n) is 2.18. The molecule has 2 amide bonds. The molecule has 2 atom stereocenters. The molecule has 0 bridgehead atoms. The van der Waals surface area contributed by atoms with Crippen molar-refractivity contribution in [2.75, 3.05) is 7.11 Å². The van der Waals surface area contributed by atoms with Crippen LogP contribution in [0.1, 0.15) is 18.9 Å². The second kappa shape index (κ2) is 9.93. The van der Waals surface area contributed by atoms with E-state index < -0.39 is 35.7 Å². The normalized spacial score (nSPS) is 12.6. The van der Waals surface area contributed by atoms with E-state index >= 15 is 0 Å². The molecule has 136 valence electrons. The van der Waals surface area contributed by atoms with Crippen LogP contribution >= 0.6 is 15.9 Å². The van der Waals surface area contributed by atoms with Gasteiger partial charge >= 0.3 is 5.97 Å². The van der Waals surface area contributed by atoms with Gasteiger partial charge < -0.3 is 15.4 Å². The third-order valence-electron chi connectivity index (χ3n) is 3.25. The second-order valence-electron chi connectivity index (χ2n) is 5.39. The minimum Gasteiger partial charge on any atom is -0.467 e. The van der Waals surface area contributed by atoms with E-state index in [1.807, 2.05) is 0 Å². The Morgan fingerprint density at radius 1 is 1.28 bits per heavy atom. The summed E-state index contributed by atoms with van der Waals surface area (Å²) in [6.45, 7) is 4.90. The number of benzene rings is 1. The van der Waals surface area contributed by atoms with Crippen molar-refractivity contribution in [2.45, 2.75) is 31.8 Å². The molecule has 1 aromatic carbocycles. The number of carbonyl (C=O) groups is 3. The lowest BCUT2D eigenvalue weighted by atomic mass is 10.0. The molecular formula is C17H20BrFN2O4. The van der Waals surface area contributed by atoms with Gasteiger partial charge in [0.05, 0.1) is 7.11 Å². The largest absolute Gasteiger partial charge is 0.467 e. The molecule has 6 nitrogen and oxygen atoms in total. The number of amides is 2. The minimum absolute atomic E-state index is 0.0757. The molecule has 0 fully saturated rings. The molecule has 0 aliphatic carbocycles. The second-order valence-corrected chi connectivity index (χ2v) is 6.51. The van der Waals surface area contributed by atoms with Crippen LogP contribution in [0.4, 0.5) is 4.39 Å². The van der Waals surface area contributed by atoms with Gasteiger partial charge in [0.15, 0.2) is 0 Å². The first-order valence-electron chi connectivity index (χ1n) is 7.46. The number of rotatable bonds is 8. The molecule has 2 N–H and O–H groups in total. The summed E-state index contributed by atoms with van der Waals surface area (Å²) >= 11 is 3.14. The van der Waals surface area contributed by atoms with Crippen LogP contribution in [-0.2, 0) is 25.5 Å². The predicted molar refractivity (Wildman–Crippen MR) is 94.3 cm³/mol. The molecule has 0 radical (unpaired) electrons. The van der Waals surface area contributed by atoms with E-state index in [-0.39, 0.29) is 12.8 Å². The summed E-state index contributed by atoms with van der Waals surface area (Å²) in [5.74, 6) is -2.08. The fraction of sp³-hybridized carbons (Fsp3) is 0.353. The SMILES string of the molecule is C=C(Br)C[C@@H](NC(=O)[C@H](Cc1cccc(F)c1)NC(C)=O)C(=O)OC. The van der Waals surface area contributed by atoms with Crippen molar-refractivity contribution in [1.29, 1.82) is 0 Å². The molecule has 0 saturated carbocycles. The van der Waals surface area contributed by atoms with Gasteiger partial charge in [-0.15, -0.1) is 0 Å². The van der Waals surface area contributed by atoms with Gasteiger partial charge in [0, 0.05) is 19.8 Å². The van der Waals surface area contributed by atoms with E-state index in [4.69, 9.17) is 0 Å². The quantitative estimate of drug-likeness (QED) is 0.635. The third kappa shape index (κ3) is 7.47. The topological polar surface area (TPSA) is 84.5 Å². The smallest absolute Gasteiger partial charge is 0.328 e. The lowest BCUT2D eigenvalue weighted by Crippen LogP contribution is -2.52. The van der Waals surface area contributed by atoms with Crippen molar-refractivity contribution in [1.82, 2.24) is 10.6 Å². The Morgan fingerprint density at radius 2 is 1.96 bits per heavy atom. The van der Waals surface area contributed by atoms with Crippen LogP contribution in [0.15, 0.2) is 35.3 Å². The summed E-state index contributed by atoms with van der Waals surface area (Å²) in [6.07, 6.45) is 0.206. The maximum atomic E-state index is 13.3. The van der Waals surface area contributed by atoms with Gasteiger partial charge in [0.1, 0.15) is 17.9 Å². The molecule has 0 saturated heterocycles. The minimum atomic E-state index is -0.963. The van der Waals surface area contributed by atoms with Gasteiger partial charge in [-0.05, 0) is 22.2 Å². The first-order valence-corrected chi connectivity index (χ1v) is 8.25. The number of hydrogen-bond acceptors (Lipinski definition) is 4. The Hall–Kier alpha value is -2.22. The highest BCUT2D eigenvalue weighted by molar-refractivity contribution is 9.11. The van der Waals surface area contributed by atoms with Crippen LogP contribution < -0.4 is 10.6 Å². The van der Waals surface area contributed by atoms with E-state index in [0.29, 0.717) is 10.0 Å². The summed E-state index contributed by atoms with van der Waals surface area (Å²) in [5, 5.41) is 5.03. The highest BCUT2D eigenvalue weighted by Gasteiger charge is 2.27. The summed E-state index contributed by atoms with van der Waals surface area (Å²) in [6, 6.07) is 3.80. The van der Waals surface area contributed by atoms with Gasteiger partial charge in [-0.2, -0.15) is 0 Å². The first-order chi connectivity index (χ1) is 11.7. The van der Waals surface area contributed by atoms with Crippen molar-refractivity contribution < 1.29 is 23.5 Å². The standard InChI is InChI=1S/C17H20BrFN2O4/c1-10(18)7-15(17(24)25-3)21-16(23)14(20-11(2)22)9-12-5-4-6-13(19)8-12/h4-6,8,14-15H,1,7,9H2,2-3H3,(H,20,22)(H,21,23)/t14-,15+/m0/s1. The molecule has 0 unspecified atom stereocenters. The molecule has 0 spiro atoms. The highest BCUT2D eigenvalue weighted by atomic mass is 79.9. The van der Waals surface area contributed by atoms with Crippen LogP contribution in [0.5, 0.6) is 0 Å². The summed E-state index contributed by atoms with van der Waals surface area (Å²) in [5.41, 5.74) is 0.536. The van der Waals surface area contributed by atoms with Crippen LogP contribution in [0.2, 0.25) is 0 Å². The zero-order valence-electron chi connectivity index (χ0n) is 14.0. The maximum absolute atomic E-state index is 13.3. The highest BCUT2D eigenvalue weighted by Crippen LogP contribution is 2.12. The number of ether oxygens (including phenoxy) is 1.